The van der Waals surface area contributed by atoms with Gasteiger partial charge in [-0.1, -0.05) is 23.7 Å². The Kier molecular flexibility index (Phi) is 6.16. The summed E-state index contributed by atoms with van der Waals surface area (Å²) in [5.74, 6) is -0.231. The lowest BCUT2D eigenvalue weighted by Gasteiger charge is -2.12. The molecule has 0 atom stereocenters. The number of fused-ring (bicyclic) bond motifs is 1. The average molecular weight is 424 g/mol. The van der Waals surface area contributed by atoms with E-state index in [1.165, 1.54) is 11.3 Å². The van der Waals surface area contributed by atoms with E-state index in [0.717, 1.165) is 51.7 Å². The molecule has 0 aliphatic carbocycles. The van der Waals surface area contributed by atoms with E-state index in [-0.39, 0.29) is 18.3 Å². The van der Waals surface area contributed by atoms with Crippen LogP contribution in [0.1, 0.15) is 37.7 Å². The summed E-state index contributed by atoms with van der Waals surface area (Å²) in [6.07, 6.45) is 3.38. The second kappa shape index (κ2) is 8.39. The van der Waals surface area contributed by atoms with Crippen LogP contribution in [0.5, 0.6) is 0 Å². The molecular weight excluding hydrogens is 405 g/mol. The minimum atomic E-state index is -0.231. The van der Waals surface area contributed by atoms with Crippen molar-refractivity contribution in [3.63, 3.8) is 0 Å². The fraction of sp³-hybridized carbons (Fsp3) is 0.278. The van der Waals surface area contributed by atoms with Gasteiger partial charge in [0.25, 0.3) is 5.91 Å². The number of aryl methyl sites for hydroxylation is 1. The maximum Gasteiger partial charge on any atom is 0.278 e. The Labute approximate surface area is 172 Å². The molecule has 142 valence electrons. The number of anilines is 1. The van der Waals surface area contributed by atoms with Crippen LogP contribution >= 0.6 is 35.3 Å². The summed E-state index contributed by atoms with van der Waals surface area (Å²) >= 11 is 7.65. The molecule has 0 radical (unpaired) electrons. The highest BCUT2D eigenvalue weighted by molar-refractivity contribution is 7.15. The summed E-state index contributed by atoms with van der Waals surface area (Å²) in [6, 6.07) is 6.04. The minimum absolute atomic E-state index is 0. The lowest BCUT2D eigenvalue weighted by Crippen LogP contribution is -2.25. The van der Waals surface area contributed by atoms with Crippen LogP contribution < -0.4 is 10.6 Å². The monoisotopic (exact) mass is 423 g/mol. The predicted molar refractivity (Wildman–Crippen MR) is 110 cm³/mol. The van der Waals surface area contributed by atoms with E-state index in [1.807, 2.05) is 19.1 Å². The number of carbonyl (C=O) groups excluding carboxylic acids is 1. The third-order valence-electron chi connectivity index (χ3n) is 4.41. The molecule has 27 heavy (non-hydrogen) atoms. The number of nitrogens with one attached hydrogen (secondary N) is 3. The number of nitrogens with zero attached hydrogens (tertiary/aromatic N) is 2. The fourth-order valence-corrected chi connectivity index (χ4v) is 4.01. The van der Waals surface area contributed by atoms with Gasteiger partial charge in [0.05, 0.1) is 0 Å². The number of thiazole rings is 1. The van der Waals surface area contributed by atoms with E-state index in [9.17, 15) is 4.79 Å². The van der Waals surface area contributed by atoms with Crippen LogP contribution in [-0.4, -0.2) is 27.6 Å². The number of aromatic nitrogens is 3. The molecule has 0 unspecified atom stereocenters. The quantitative estimate of drug-likeness (QED) is 0.596. The van der Waals surface area contributed by atoms with Gasteiger partial charge in [-0.3, -0.25) is 15.2 Å². The first kappa shape index (κ1) is 19.8. The van der Waals surface area contributed by atoms with Gasteiger partial charge in [0.2, 0.25) is 0 Å². The van der Waals surface area contributed by atoms with E-state index >= 15 is 0 Å². The number of hydrogen-bond acceptors (Lipinski definition) is 5. The van der Waals surface area contributed by atoms with Gasteiger partial charge in [-0.2, -0.15) is 5.10 Å². The Bertz CT molecular complexity index is 969. The molecule has 3 heterocycles. The lowest BCUT2D eigenvalue weighted by molar-refractivity contribution is 0.102. The zero-order valence-electron chi connectivity index (χ0n) is 14.6. The molecule has 3 N–H and O–H groups in total. The predicted octanol–water partition coefficient (Wildman–Crippen LogP) is 3.74. The smallest absolute Gasteiger partial charge is 0.278 e. The zero-order chi connectivity index (χ0) is 18.1. The molecule has 3 aromatic rings. The van der Waals surface area contributed by atoms with Crippen molar-refractivity contribution in [2.75, 3.05) is 11.9 Å². The van der Waals surface area contributed by atoms with Crippen molar-refractivity contribution in [3.05, 3.63) is 62.4 Å². The summed E-state index contributed by atoms with van der Waals surface area (Å²) in [5.41, 5.74) is 4.60. The van der Waals surface area contributed by atoms with Gasteiger partial charge in [0, 0.05) is 53.3 Å². The Balaban J connectivity index is 0.00000210. The van der Waals surface area contributed by atoms with E-state index in [0.29, 0.717) is 17.4 Å². The summed E-state index contributed by atoms with van der Waals surface area (Å²) in [7, 11) is 0. The standard InChI is InChI=1S/C18H18ClN5OS.ClH/c1-10-2-3-11(7-14(10)19)6-12-8-21-18(26-12)22-17(25)16-13-9-20-5-4-15(13)23-24-16;/h2-3,7-8,20H,4-6,9H2,1H3,(H,23,24)(H,21,22,25);1H. The van der Waals surface area contributed by atoms with Gasteiger partial charge in [-0.05, 0) is 24.1 Å². The van der Waals surface area contributed by atoms with Crippen molar-refractivity contribution in [2.24, 2.45) is 0 Å². The SMILES string of the molecule is Cc1ccc(Cc2cnc(NC(=O)c3n[nH]c4c3CNCC4)s2)cc1Cl.Cl. The third-order valence-corrected chi connectivity index (χ3v) is 5.73. The van der Waals surface area contributed by atoms with Gasteiger partial charge < -0.3 is 5.32 Å². The second-order valence-electron chi connectivity index (χ2n) is 6.30. The first-order chi connectivity index (χ1) is 12.6. The van der Waals surface area contributed by atoms with Crippen molar-refractivity contribution in [3.8, 4) is 0 Å². The van der Waals surface area contributed by atoms with Crippen molar-refractivity contribution in [1.29, 1.82) is 0 Å². The highest BCUT2D eigenvalue weighted by atomic mass is 35.5. The van der Waals surface area contributed by atoms with Crippen LogP contribution in [0.4, 0.5) is 5.13 Å². The van der Waals surface area contributed by atoms with Crippen molar-refractivity contribution in [2.45, 2.75) is 26.3 Å². The topological polar surface area (TPSA) is 82.7 Å². The largest absolute Gasteiger partial charge is 0.312 e. The van der Waals surface area contributed by atoms with Gasteiger partial charge in [-0.25, -0.2) is 4.98 Å². The Morgan fingerprint density at radius 3 is 3.07 bits per heavy atom. The third kappa shape index (κ3) is 4.32. The first-order valence-corrected chi connectivity index (χ1v) is 9.57. The van der Waals surface area contributed by atoms with Gasteiger partial charge in [0.15, 0.2) is 10.8 Å². The van der Waals surface area contributed by atoms with E-state index < -0.39 is 0 Å². The number of benzene rings is 1. The number of carbonyl (C=O) groups is 1. The highest BCUT2D eigenvalue weighted by Gasteiger charge is 2.22. The van der Waals surface area contributed by atoms with E-state index in [4.69, 9.17) is 11.6 Å². The number of hydrogen-bond donors (Lipinski definition) is 3. The molecule has 0 saturated heterocycles. The van der Waals surface area contributed by atoms with Crippen LogP contribution in [0, 0.1) is 6.92 Å². The lowest BCUT2D eigenvalue weighted by atomic mass is 10.1. The molecular formula is C18H19Cl2N5OS. The summed E-state index contributed by atoms with van der Waals surface area (Å²) in [4.78, 5) is 17.9. The van der Waals surface area contributed by atoms with Crippen molar-refractivity contribution < 1.29 is 4.79 Å². The molecule has 4 rings (SSSR count). The van der Waals surface area contributed by atoms with Crippen molar-refractivity contribution in [1.82, 2.24) is 20.5 Å². The molecule has 1 aliphatic rings. The van der Waals surface area contributed by atoms with Crippen LogP contribution in [0.3, 0.4) is 0 Å². The molecule has 0 fully saturated rings. The maximum absolute atomic E-state index is 12.5. The number of rotatable bonds is 4. The van der Waals surface area contributed by atoms with E-state index in [1.54, 1.807) is 6.20 Å². The van der Waals surface area contributed by atoms with Crippen molar-refractivity contribution >= 4 is 46.4 Å². The summed E-state index contributed by atoms with van der Waals surface area (Å²) < 4.78 is 0. The zero-order valence-corrected chi connectivity index (χ0v) is 17.0. The minimum Gasteiger partial charge on any atom is -0.312 e. The molecule has 6 nitrogen and oxygen atoms in total. The highest BCUT2D eigenvalue weighted by Crippen LogP contribution is 2.25. The van der Waals surface area contributed by atoms with Gasteiger partial charge >= 0.3 is 0 Å². The first-order valence-electron chi connectivity index (χ1n) is 8.38. The molecule has 0 saturated carbocycles. The van der Waals surface area contributed by atoms with E-state index in [2.05, 4.69) is 31.9 Å². The van der Waals surface area contributed by atoms with Crippen LogP contribution in [0.25, 0.3) is 0 Å². The Hall–Kier alpha value is -1.93. The fourth-order valence-electron chi connectivity index (χ4n) is 2.96. The molecule has 9 heteroatoms. The molecule has 2 aromatic heterocycles. The van der Waals surface area contributed by atoms with Gasteiger partial charge in [-0.15, -0.1) is 23.7 Å². The normalized spacial score (nSPS) is 13.0. The number of aromatic amines is 1. The maximum atomic E-state index is 12.5. The molecule has 0 bridgehead atoms. The van der Waals surface area contributed by atoms with Crippen LogP contribution in [0.15, 0.2) is 24.4 Å². The Morgan fingerprint density at radius 2 is 2.26 bits per heavy atom. The average Bonchev–Trinajstić information content (AvgIpc) is 3.25. The summed E-state index contributed by atoms with van der Waals surface area (Å²) in [6.45, 7) is 3.54. The van der Waals surface area contributed by atoms with Gasteiger partial charge in [0.1, 0.15) is 0 Å². The Morgan fingerprint density at radius 1 is 1.41 bits per heavy atom. The molecule has 0 spiro atoms. The number of halogens is 2. The van der Waals surface area contributed by atoms with Crippen LogP contribution in [-0.2, 0) is 19.4 Å². The number of H-pyrrole nitrogens is 1. The second-order valence-corrected chi connectivity index (χ2v) is 7.82. The number of amides is 1. The van der Waals surface area contributed by atoms with Crippen LogP contribution in [0.2, 0.25) is 5.02 Å². The summed E-state index contributed by atoms with van der Waals surface area (Å²) in [5, 5.41) is 14.6. The molecule has 1 aromatic carbocycles. The molecule has 1 aliphatic heterocycles. The molecule has 1 amide bonds.